The van der Waals surface area contributed by atoms with Crippen LogP contribution in [0, 0.1) is 12.8 Å². The van der Waals surface area contributed by atoms with Gasteiger partial charge >= 0.3 is 11.7 Å². The SMILES string of the molecule is Cc1cn(C(CC2CCCC2)C(=O)Nc2ccc(C(=O)O)cn2)c(=O)[nH]c1=O. The maximum absolute atomic E-state index is 12.9. The summed E-state index contributed by atoms with van der Waals surface area (Å²) in [7, 11) is 0. The molecular weight excluding hydrogens is 364 g/mol. The summed E-state index contributed by atoms with van der Waals surface area (Å²) in [4.78, 5) is 54.1. The van der Waals surface area contributed by atoms with Crippen molar-refractivity contribution in [2.24, 2.45) is 5.92 Å². The lowest BCUT2D eigenvalue weighted by Gasteiger charge is -2.22. The molecule has 1 amide bonds. The number of nitrogens with one attached hydrogen (secondary N) is 2. The third-order valence-electron chi connectivity index (χ3n) is 5.08. The highest BCUT2D eigenvalue weighted by Crippen LogP contribution is 2.32. The Balaban J connectivity index is 1.88. The average Bonchev–Trinajstić information content (AvgIpc) is 3.16. The maximum Gasteiger partial charge on any atom is 0.337 e. The first-order valence-corrected chi connectivity index (χ1v) is 9.17. The number of carbonyl (C=O) groups excluding carboxylic acids is 1. The van der Waals surface area contributed by atoms with Crippen LogP contribution in [0.5, 0.6) is 0 Å². The minimum absolute atomic E-state index is 0.00739. The van der Waals surface area contributed by atoms with Crippen molar-refractivity contribution < 1.29 is 14.7 Å². The second-order valence-corrected chi connectivity index (χ2v) is 7.11. The average molecular weight is 386 g/mol. The number of carbonyl (C=O) groups is 2. The zero-order valence-electron chi connectivity index (χ0n) is 15.5. The lowest BCUT2D eigenvalue weighted by atomic mass is 9.97. The Morgan fingerprint density at radius 2 is 2.04 bits per heavy atom. The molecule has 3 rings (SSSR count). The van der Waals surface area contributed by atoms with Crippen molar-refractivity contribution in [1.82, 2.24) is 14.5 Å². The minimum atomic E-state index is -1.11. The van der Waals surface area contributed by atoms with E-state index >= 15 is 0 Å². The number of aromatic nitrogens is 3. The summed E-state index contributed by atoms with van der Waals surface area (Å²) in [6, 6.07) is 1.94. The van der Waals surface area contributed by atoms with Crippen LogP contribution in [0.3, 0.4) is 0 Å². The molecule has 1 aliphatic carbocycles. The zero-order chi connectivity index (χ0) is 20.3. The monoisotopic (exact) mass is 386 g/mol. The molecule has 0 saturated heterocycles. The van der Waals surface area contributed by atoms with Crippen molar-refractivity contribution in [3.63, 3.8) is 0 Å². The molecule has 9 nitrogen and oxygen atoms in total. The third-order valence-corrected chi connectivity index (χ3v) is 5.08. The number of aromatic amines is 1. The van der Waals surface area contributed by atoms with E-state index in [1.165, 1.54) is 22.9 Å². The molecule has 2 aromatic rings. The Hall–Kier alpha value is -3.23. The van der Waals surface area contributed by atoms with Gasteiger partial charge in [-0.3, -0.25) is 19.1 Å². The number of nitrogens with zero attached hydrogens (tertiary/aromatic N) is 2. The standard InChI is InChI=1S/C19H22N4O5/c1-11-10-23(19(28)22-16(11)24)14(8-12-4-2-3-5-12)17(25)21-15-7-6-13(9-20-15)18(26)27/h6-7,9-10,12,14H,2-5,8H2,1H3,(H,26,27)(H,20,21,25)(H,22,24,28). The van der Waals surface area contributed by atoms with E-state index in [0.717, 1.165) is 31.9 Å². The molecule has 28 heavy (non-hydrogen) atoms. The van der Waals surface area contributed by atoms with Crippen LogP contribution in [0.1, 0.15) is 54.1 Å². The van der Waals surface area contributed by atoms with Crippen molar-refractivity contribution in [1.29, 1.82) is 0 Å². The van der Waals surface area contributed by atoms with Crippen LogP contribution in [0.2, 0.25) is 0 Å². The highest BCUT2D eigenvalue weighted by molar-refractivity contribution is 5.93. The summed E-state index contributed by atoms with van der Waals surface area (Å²) in [5.41, 5.74) is -0.768. The predicted octanol–water partition coefficient (Wildman–Crippen LogP) is 1.70. The molecule has 2 aromatic heterocycles. The van der Waals surface area contributed by atoms with Gasteiger partial charge in [0.25, 0.3) is 5.56 Å². The second-order valence-electron chi connectivity index (χ2n) is 7.11. The molecule has 1 unspecified atom stereocenters. The van der Waals surface area contributed by atoms with Gasteiger partial charge in [0, 0.05) is 18.0 Å². The van der Waals surface area contributed by atoms with Crippen molar-refractivity contribution in [3.05, 3.63) is 56.5 Å². The summed E-state index contributed by atoms with van der Waals surface area (Å²) >= 11 is 0. The summed E-state index contributed by atoms with van der Waals surface area (Å²) in [6.45, 7) is 1.57. The van der Waals surface area contributed by atoms with Crippen LogP contribution in [0.25, 0.3) is 0 Å². The van der Waals surface area contributed by atoms with Crippen molar-refractivity contribution in [2.75, 3.05) is 5.32 Å². The summed E-state index contributed by atoms with van der Waals surface area (Å²) in [5, 5.41) is 11.6. The van der Waals surface area contributed by atoms with Crippen LogP contribution < -0.4 is 16.6 Å². The maximum atomic E-state index is 12.9. The summed E-state index contributed by atoms with van der Waals surface area (Å²) in [5.74, 6) is -1.03. The number of hydrogen-bond acceptors (Lipinski definition) is 5. The van der Waals surface area contributed by atoms with Crippen molar-refractivity contribution in [2.45, 2.75) is 45.1 Å². The van der Waals surface area contributed by atoms with Crippen molar-refractivity contribution >= 4 is 17.7 Å². The molecule has 1 aliphatic rings. The molecule has 0 aromatic carbocycles. The molecule has 0 radical (unpaired) electrons. The molecule has 9 heteroatoms. The van der Waals surface area contributed by atoms with E-state index in [9.17, 15) is 19.2 Å². The highest BCUT2D eigenvalue weighted by atomic mass is 16.4. The Morgan fingerprint density at radius 3 is 2.64 bits per heavy atom. The van der Waals surface area contributed by atoms with Gasteiger partial charge in [-0.2, -0.15) is 0 Å². The number of pyridine rings is 1. The molecule has 148 valence electrons. The number of rotatable bonds is 6. The number of carboxylic acids is 1. The number of carboxylic acid groups (broad SMARTS) is 1. The highest BCUT2D eigenvalue weighted by Gasteiger charge is 2.28. The van der Waals surface area contributed by atoms with Gasteiger partial charge in [0.05, 0.1) is 5.56 Å². The third kappa shape index (κ3) is 4.36. The van der Waals surface area contributed by atoms with Crippen LogP contribution in [0.15, 0.2) is 34.1 Å². The number of aromatic carboxylic acids is 1. The molecular formula is C19H22N4O5. The van der Waals surface area contributed by atoms with Crippen LogP contribution in [-0.4, -0.2) is 31.5 Å². The molecule has 3 N–H and O–H groups in total. The molecule has 2 heterocycles. The van der Waals surface area contributed by atoms with Gasteiger partial charge in [0.2, 0.25) is 5.91 Å². The predicted molar refractivity (Wildman–Crippen MR) is 101 cm³/mol. The van der Waals surface area contributed by atoms with Crippen molar-refractivity contribution in [3.8, 4) is 0 Å². The molecule has 0 bridgehead atoms. The Labute approximate surface area is 160 Å². The van der Waals surface area contributed by atoms with E-state index in [2.05, 4.69) is 15.3 Å². The second kappa shape index (κ2) is 8.20. The normalized spacial score (nSPS) is 15.3. The number of H-pyrrole nitrogens is 1. The largest absolute Gasteiger partial charge is 0.478 e. The van der Waals surface area contributed by atoms with Gasteiger partial charge in [-0.15, -0.1) is 0 Å². The molecule has 0 aliphatic heterocycles. The zero-order valence-corrected chi connectivity index (χ0v) is 15.5. The Bertz CT molecular complexity index is 987. The Kier molecular flexibility index (Phi) is 5.72. The summed E-state index contributed by atoms with van der Waals surface area (Å²) in [6.07, 6.45) is 7.21. The quantitative estimate of drug-likeness (QED) is 0.692. The van der Waals surface area contributed by atoms with Gasteiger partial charge in [0.15, 0.2) is 0 Å². The lowest BCUT2D eigenvalue weighted by molar-refractivity contribution is -0.119. The first kappa shape index (κ1) is 19.5. The fourth-order valence-corrected chi connectivity index (χ4v) is 3.53. The first-order valence-electron chi connectivity index (χ1n) is 9.17. The van der Waals surface area contributed by atoms with E-state index in [1.807, 2.05) is 0 Å². The van der Waals surface area contributed by atoms with Gasteiger partial charge < -0.3 is 10.4 Å². The lowest BCUT2D eigenvalue weighted by Crippen LogP contribution is -2.38. The topological polar surface area (TPSA) is 134 Å². The van der Waals surface area contributed by atoms with Crippen LogP contribution in [0.4, 0.5) is 5.82 Å². The minimum Gasteiger partial charge on any atom is -0.478 e. The molecule has 1 atom stereocenters. The number of aryl methyl sites for hydroxylation is 1. The Morgan fingerprint density at radius 1 is 1.32 bits per heavy atom. The van der Waals surface area contributed by atoms with E-state index < -0.39 is 29.2 Å². The number of amides is 1. The summed E-state index contributed by atoms with van der Waals surface area (Å²) < 4.78 is 1.26. The van der Waals surface area contributed by atoms with E-state index in [1.54, 1.807) is 6.92 Å². The van der Waals surface area contributed by atoms with E-state index in [4.69, 9.17) is 5.11 Å². The van der Waals surface area contributed by atoms with Gasteiger partial charge in [0.1, 0.15) is 11.9 Å². The fraction of sp³-hybridized carbons (Fsp3) is 0.421. The van der Waals surface area contributed by atoms with Gasteiger partial charge in [-0.1, -0.05) is 25.7 Å². The van der Waals surface area contributed by atoms with Gasteiger partial charge in [-0.25, -0.2) is 14.6 Å². The fourth-order valence-electron chi connectivity index (χ4n) is 3.53. The van der Waals surface area contributed by atoms with Crippen LogP contribution >= 0.6 is 0 Å². The van der Waals surface area contributed by atoms with Gasteiger partial charge in [-0.05, 0) is 31.4 Å². The molecule has 1 saturated carbocycles. The first-order chi connectivity index (χ1) is 13.3. The van der Waals surface area contributed by atoms with E-state index in [0.29, 0.717) is 17.9 Å². The number of anilines is 1. The van der Waals surface area contributed by atoms with E-state index in [-0.39, 0.29) is 11.4 Å². The molecule has 0 spiro atoms. The van der Waals surface area contributed by atoms with Crippen LogP contribution in [-0.2, 0) is 4.79 Å². The smallest absolute Gasteiger partial charge is 0.337 e. The number of hydrogen-bond donors (Lipinski definition) is 3. The molecule has 1 fully saturated rings.